The maximum absolute atomic E-state index is 13.6. The van der Waals surface area contributed by atoms with Crippen molar-refractivity contribution in [2.45, 2.75) is 39.8 Å². The molecule has 0 aliphatic heterocycles. The van der Waals surface area contributed by atoms with Crippen LogP contribution in [0.3, 0.4) is 0 Å². The predicted octanol–water partition coefficient (Wildman–Crippen LogP) is 4.01. The maximum Gasteiger partial charge on any atom is 0.337 e. The van der Waals surface area contributed by atoms with Gasteiger partial charge in [0.25, 0.3) is 5.56 Å². The van der Waals surface area contributed by atoms with Crippen LogP contribution in [-0.4, -0.2) is 25.8 Å². The van der Waals surface area contributed by atoms with Gasteiger partial charge in [0.15, 0.2) is 11.2 Å². The third-order valence-electron chi connectivity index (χ3n) is 5.81. The molecule has 1 atom stereocenters. The zero-order valence-electron chi connectivity index (χ0n) is 18.9. The molecular weight excluding hydrogens is 404 g/mol. The number of benzene rings is 2. The predicted molar refractivity (Wildman–Crippen MR) is 126 cm³/mol. The lowest BCUT2D eigenvalue weighted by atomic mass is 10.1. The number of hydrogen-bond acceptors (Lipinski definition) is 4. The number of nitrogens with zero attached hydrogens (tertiary/aromatic N) is 4. The number of ether oxygens (including phenoxy) is 1. The van der Waals surface area contributed by atoms with Crippen LogP contribution in [0.5, 0.6) is 5.75 Å². The van der Waals surface area contributed by atoms with Crippen LogP contribution in [-0.2, 0) is 6.54 Å². The highest BCUT2D eigenvalue weighted by molar-refractivity contribution is 5.73. The Balaban J connectivity index is 2.04. The molecule has 0 N–H and O–H groups in total. The monoisotopic (exact) mass is 432 g/mol. The van der Waals surface area contributed by atoms with E-state index in [4.69, 9.17) is 4.74 Å². The van der Waals surface area contributed by atoms with Gasteiger partial charge in [-0.2, -0.15) is 0 Å². The fourth-order valence-corrected chi connectivity index (χ4v) is 3.95. The quantitative estimate of drug-likeness (QED) is 0.442. The molecule has 0 spiro atoms. The minimum absolute atomic E-state index is 0.129. The van der Waals surface area contributed by atoms with Crippen LogP contribution in [0, 0.1) is 5.92 Å². The molecule has 166 valence electrons. The molecule has 0 saturated heterocycles. The number of fused-ring (bicyclic) bond motifs is 1. The first-order chi connectivity index (χ1) is 15.4. The first-order valence-corrected chi connectivity index (χ1v) is 10.8. The molecule has 1 unspecified atom stereocenters. The van der Waals surface area contributed by atoms with Crippen molar-refractivity contribution in [2.75, 3.05) is 7.11 Å². The molecule has 0 aliphatic rings. The van der Waals surface area contributed by atoms with E-state index in [1.807, 2.05) is 54.0 Å². The Bertz CT molecular complexity index is 1350. The van der Waals surface area contributed by atoms with Crippen molar-refractivity contribution in [1.29, 1.82) is 0 Å². The molecule has 2 aromatic heterocycles. The first kappa shape index (κ1) is 21.6. The number of para-hydroxylation sites is 2. The van der Waals surface area contributed by atoms with E-state index in [1.165, 1.54) is 9.13 Å². The molecule has 4 rings (SSSR count). The lowest BCUT2D eigenvalue weighted by Gasteiger charge is -2.17. The van der Waals surface area contributed by atoms with Gasteiger partial charge in [-0.3, -0.25) is 9.36 Å². The van der Waals surface area contributed by atoms with Crippen LogP contribution in [0.15, 0.2) is 70.5 Å². The number of aromatic nitrogens is 4. The highest BCUT2D eigenvalue weighted by Gasteiger charge is 2.23. The third-order valence-corrected chi connectivity index (χ3v) is 5.81. The number of hydrogen-bond donors (Lipinski definition) is 0. The fourth-order valence-electron chi connectivity index (χ4n) is 3.95. The van der Waals surface area contributed by atoms with Gasteiger partial charge in [-0.1, -0.05) is 56.3 Å². The molecule has 32 heavy (non-hydrogen) atoms. The largest absolute Gasteiger partial charge is 0.495 e. The summed E-state index contributed by atoms with van der Waals surface area (Å²) in [6.45, 7) is 6.51. The van der Waals surface area contributed by atoms with Crippen LogP contribution < -0.4 is 16.0 Å². The van der Waals surface area contributed by atoms with Gasteiger partial charge < -0.3 is 9.30 Å². The topological polar surface area (TPSA) is 71.1 Å². The zero-order chi connectivity index (χ0) is 22.8. The van der Waals surface area contributed by atoms with E-state index < -0.39 is 5.69 Å². The Morgan fingerprint density at radius 2 is 1.66 bits per heavy atom. The minimum atomic E-state index is -0.412. The van der Waals surface area contributed by atoms with Crippen LogP contribution in [0.1, 0.15) is 38.8 Å². The van der Waals surface area contributed by atoms with Gasteiger partial charge >= 0.3 is 5.69 Å². The number of rotatable bonds is 7. The molecule has 0 radical (unpaired) electrons. The Morgan fingerprint density at radius 1 is 0.969 bits per heavy atom. The van der Waals surface area contributed by atoms with Crippen LogP contribution in [0.4, 0.5) is 0 Å². The molecule has 4 aromatic rings. The summed E-state index contributed by atoms with van der Waals surface area (Å²) in [7, 11) is 1.56. The first-order valence-electron chi connectivity index (χ1n) is 10.8. The van der Waals surface area contributed by atoms with Gasteiger partial charge in [0.05, 0.1) is 25.2 Å². The summed E-state index contributed by atoms with van der Waals surface area (Å²) < 4.78 is 10.2. The minimum Gasteiger partial charge on any atom is -0.495 e. The molecule has 0 amide bonds. The van der Waals surface area contributed by atoms with Gasteiger partial charge in [0, 0.05) is 6.54 Å². The second-order valence-electron chi connectivity index (χ2n) is 8.34. The van der Waals surface area contributed by atoms with Crippen molar-refractivity contribution in [1.82, 2.24) is 18.7 Å². The smallest absolute Gasteiger partial charge is 0.337 e. The Hall–Kier alpha value is -3.61. The van der Waals surface area contributed by atoms with Crippen molar-refractivity contribution in [3.8, 4) is 11.4 Å². The second kappa shape index (κ2) is 8.86. The van der Waals surface area contributed by atoms with Crippen molar-refractivity contribution < 1.29 is 4.74 Å². The van der Waals surface area contributed by atoms with E-state index in [1.54, 1.807) is 25.6 Å². The zero-order valence-corrected chi connectivity index (χ0v) is 18.9. The van der Waals surface area contributed by atoms with Crippen LogP contribution in [0.25, 0.3) is 16.9 Å². The van der Waals surface area contributed by atoms with Crippen molar-refractivity contribution in [3.63, 3.8) is 0 Å². The maximum atomic E-state index is 13.6. The average molecular weight is 433 g/mol. The van der Waals surface area contributed by atoms with E-state index in [9.17, 15) is 9.59 Å². The third kappa shape index (κ3) is 3.75. The van der Waals surface area contributed by atoms with Crippen molar-refractivity contribution in [3.05, 3.63) is 87.3 Å². The molecule has 7 heteroatoms. The lowest BCUT2D eigenvalue weighted by molar-refractivity contribution is 0.412. The molecule has 2 aromatic carbocycles. The highest BCUT2D eigenvalue weighted by Crippen LogP contribution is 2.25. The summed E-state index contributed by atoms with van der Waals surface area (Å²) in [6, 6.07) is 17.1. The highest BCUT2D eigenvalue weighted by atomic mass is 16.5. The van der Waals surface area contributed by atoms with Gasteiger partial charge in [-0.05, 0) is 37.0 Å². The molecule has 2 heterocycles. The number of methoxy groups -OCH3 is 1. The van der Waals surface area contributed by atoms with Crippen molar-refractivity contribution >= 4 is 11.2 Å². The van der Waals surface area contributed by atoms with E-state index in [0.717, 1.165) is 12.0 Å². The summed E-state index contributed by atoms with van der Waals surface area (Å²) in [5.41, 5.74) is 1.60. The lowest BCUT2D eigenvalue weighted by Crippen LogP contribution is -2.40. The van der Waals surface area contributed by atoms with E-state index >= 15 is 0 Å². The van der Waals surface area contributed by atoms with Crippen LogP contribution in [0.2, 0.25) is 0 Å². The van der Waals surface area contributed by atoms with Gasteiger partial charge in [-0.15, -0.1) is 0 Å². The molecular formula is C25H28N4O3. The second-order valence-corrected chi connectivity index (χ2v) is 8.34. The summed E-state index contributed by atoms with van der Waals surface area (Å²) >= 11 is 0. The SMILES string of the molecule is COc1ccccc1-n1c(=O)n(CCC(C)C)c(=O)c2c1ncn2C(C)c1ccccc1. The fraction of sp³-hybridized carbons (Fsp3) is 0.320. The molecule has 0 bridgehead atoms. The van der Waals surface area contributed by atoms with Gasteiger partial charge in [0.1, 0.15) is 5.75 Å². The summed E-state index contributed by atoms with van der Waals surface area (Å²) in [5.74, 6) is 0.889. The van der Waals surface area contributed by atoms with E-state index in [2.05, 4.69) is 18.8 Å². The van der Waals surface area contributed by atoms with Crippen LogP contribution >= 0.6 is 0 Å². The summed E-state index contributed by atoms with van der Waals surface area (Å²) in [6.07, 6.45) is 2.36. The Morgan fingerprint density at radius 3 is 2.34 bits per heavy atom. The normalized spacial score (nSPS) is 12.4. The Labute approximate surface area is 186 Å². The average Bonchev–Trinajstić information content (AvgIpc) is 3.24. The number of imidazole rings is 1. The summed E-state index contributed by atoms with van der Waals surface area (Å²) in [5, 5.41) is 0. The standard InChI is InChI=1S/C25H28N4O3/c1-17(2)14-15-27-24(30)22-23(26-16-28(22)18(3)19-10-6-5-7-11-19)29(25(27)31)20-12-8-9-13-21(20)32-4/h5-13,16-18H,14-15H2,1-4H3. The van der Waals surface area contributed by atoms with Gasteiger partial charge in [-0.25, -0.2) is 14.3 Å². The van der Waals surface area contributed by atoms with Gasteiger partial charge in [0.2, 0.25) is 0 Å². The van der Waals surface area contributed by atoms with E-state index in [0.29, 0.717) is 35.1 Å². The molecule has 0 saturated carbocycles. The summed E-state index contributed by atoms with van der Waals surface area (Å²) in [4.78, 5) is 31.7. The van der Waals surface area contributed by atoms with E-state index in [-0.39, 0.29) is 11.6 Å². The Kier molecular flexibility index (Phi) is 5.99. The molecule has 7 nitrogen and oxygen atoms in total. The van der Waals surface area contributed by atoms with Crippen molar-refractivity contribution in [2.24, 2.45) is 5.92 Å². The molecule has 0 aliphatic carbocycles. The molecule has 0 fully saturated rings.